The van der Waals surface area contributed by atoms with Gasteiger partial charge in [-0.3, -0.25) is 4.79 Å². The molecule has 0 saturated carbocycles. The van der Waals surface area contributed by atoms with Crippen LogP contribution in [0.2, 0.25) is 0 Å². The Morgan fingerprint density at radius 3 is 2.54 bits per heavy atom. The molecule has 0 spiro atoms. The number of carbonyl (C=O) groups is 2. The van der Waals surface area contributed by atoms with Crippen molar-refractivity contribution in [3.8, 4) is 0 Å². The van der Waals surface area contributed by atoms with Crippen LogP contribution in [0.3, 0.4) is 0 Å². The number of benzene rings is 2. The van der Waals surface area contributed by atoms with Gasteiger partial charge in [-0.25, -0.2) is 9.18 Å². The number of hydrogen-bond donors (Lipinski definition) is 0. The lowest BCUT2D eigenvalue weighted by Crippen LogP contribution is -2.38. The van der Waals surface area contributed by atoms with Gasteiger partial charge in [0.05, 0.1) is 12.1 Å². The molecule has 0 saturated heterocycles. The van der Waals surface area contributed by atoms with Gasteiger partial charge in [0.25, 0.3) is 0 Å². The third-order valence-corrected chi connectivity index (χ3v) is 4.83. The highest BCUT2D eigenvalue weighted by Gasteiger charge is 2.36. The van der Waals surface area contributed by atoms with Crippen LogP contribution >= 0.6 is 0 Å². The average Bonchev–Trinajstić information content (AvgIpc) is 2.71. The number of amides is 1. The predicted octanol–water partition coefficient (Wildman–Crippen LogP) is 4.35. The monoisotopic (exact) mass is 379 g/mol. The number of rotatable bonds is 6. The van der Waals surface area contributed by atoms with Gasteiger partial charge >= 0.3 is 5.97 Å². The molecule has 0 aliphatic carbocycles. The number of nitrogens with zero attached hydrogens (tertiary/aromatic N) is 1. The van der Waals surface area contributed by atoms with E-state index in [1.165, 1.54) is 18.2 Å². The van der Waals surface area contributed by atoms with Gasteiger partial charge in [-0.15, -0.1) is 0 Å². The second-order valence-electron chi connectivity index (χ2n) is 6.66. The number of halogens is 1. The molecule has 1 unspecified atom stereocenters. The first-order valence-electron chi connectivity index (χ1n) is 9.09. The minimum Gasteiger partial charge on any atom is -0.458 e. The zero-order valence-electron chi connectivity index (χ0n) is 15.7. The van der Waals surface area contributed by atoms with Crippen molar-refractivity contribution in [1.82, 2.24) is 4.90 Å². The van der Waals surface area contributed by atoms with Crippen molar-refractivity contribution in [2.24, 2.45) is 0 Å². The van der Waals surface area contributed by atoms with E-state index < -0.39 is 5.97 Å². The van der Waals surface area contributed by atoms with Crippen LogP contribution in [0, 0.1) is 5.82 Å². The van der Waals surface area contributed by atoms with Crippen molar-refractivity contribution >= 4 is 11.9 Å². The van der Waals surface area contributed by atoms with Crippen LogP contribution in [0.4, 0.5) is 4.39 Å². The Morgan fingerprint density at radius 1 is 1.21 bits per heavy atom. The summed E-state index contributed by atoms with van der Waals surface area (Å²) in [5, 5.41) is 0. The molecule has 1 aliphatic heterocycles. The molecule has 0 aromatic heterocycles. The highest BCUT2D eigenvalue weighted by atomic mass is 19.1. The molecular formula is C23H22FNO3. The quantitative estimate of drug-likeness (QED) is 0.554. The van der Waals surface area contributed by atoms with Gasteiger partial charge in [0.2, 0.25) is 5.91 Å². The Balaban J connectivity index is 1.99. The molecule has 1 aliphatic rings. The maximum Gasteiger partial charge on any atom is 0.336 e. The summed E-state index contributed by atoms with van der Waals surface area (Å²) in [6.45, 7) is 5.70. The van der Waals surface area contributed by atoms with Gasteiger partial charge in [-0.2, -0.15) is 0 Å². The van der Waals surface area contributed by atoms with E-state index in [2.05, 4.69) is 6.58 Å². The lowest BCUT2D eigenvalue weighted by Gasteiger charge is -2.34. The third-order valence-electron chi connectivity index (χ3n) is 4.83. The van der Waals surface area contributed by atoms with E-state index in [9.17, 15) is 14.0 Å². The summed E-state index contributed by atoms with van der Waals surface area (Å²) in [6.07, 6.45) is 1.68. The Bertz CT molecular complexity index is 903. The topological polar surface area (TPSA) is 46.6 Å². The second kappa shape index (κ2) is 8.65. The molecule has 3 rings (SSSR count). The fourth-order valence-electron chi connectivity index (χ4n) is 3.42. The summed E-state index contributed by atoms with van der Waals surface area (Å²) in [7, 11) is 0. The Hall–Kier alpha value is -3.21. The van der Waals surface area contributed by atoms with Crippen LogP contribution in [-0.4, -0.2) is 23.4 Å². The lowest BCUT2D eigenvalue weighted by molar-refractivity contribution is -0.139. The van der Waals surface area contributed by atoms with E-state index in [0.717, 1.165) is 11.1 Å². The van der Waals surface area contributed by atoms with Crippen molar-refractivity contribution in [1.29, 1.82) is 0 Å². The summed E-state index contributed by atoms with van der Waals surface area (Å²) >= 11 is 0. The molecule has 4 nitrogen and oxygen atoms in total. The van der Waals surface area contributed by atoms with Crippen LogP contribution in [0.5, 0.6) is 0 Å². The van der Waals surface area contributed by atoms with Gasteiger partial charge in [-0.1, -0.05) is 55.1 Å². The first-order chi connectivity index (χ1) is 13.5. The van der Waals surface area contributed by atoms with Crippen LogP contribution in [-0.2, 0) is 20.9 Å². The summed E-state index contributed by atoms with van der Waals surface area (Å²) in [4.78, 5) is 27.2. The highest BCUT2D eigenvalue weighted by Crippen LogP contribution is 2.37. The van der Waals surface area contributed by atoms with E-state index >= 15 is 0 Å². The van der Waals surface area contributed by atoms with Crippen molar-refractivity contribution in [2.45, 2.75) is 25.8 Å². The number of allylic oxidation sites excluding steroid dienone is 1. The van der Waals surface area contributed by atoms with Crippen molar-refractivity contribution in [2.75, 3.05) is 6.61 Å². The predicted molar refractivity (Wildman–Crippen MR) is 105 cm³/mol. The molecule has 0 radical (unpaired) electrons. The molecule has 1 heterocycles. The van der Waals surface area contributed by atoms with Gasteiger partial charge in [0.15, 0.2) is 0 Å². The molecule has 28 heavy (non-hydrogen) atoms. The number of carbonyl (C=O) groups excluding carboxylic acids is 2. The van der Waals surface area contributed by atoms with Crippen molar-refractivity contribution < 1.29 is 18.7 Å². The van der Waals surface area contributed by atoms with Crippen LogP contribution < -0.4 is 0 Å². The largest absolute Gasteiger partial charge is 0.458 e. The third kappa shape index (κ3) is 4.19. The van der Waals surface area contributed by atoms with E-state index in [-0.39, 0.29) is 37.2 Å². The Morgan fingerprint density at radius 2 is 1.89 bits per heavy atom. The maximum atomic E-state index is 13.2. The van der Waals surface area contributed by atoms with Crippen LogP contribution in [0.25, 0.3) is 0 Å². The fourth-order valence-corrected chi connectivity index (χ4v) is 3.42. The van der Waals surface area contributed by atoms with E-state index in [1.807, 2.05) is 30.3 Å². The van der Waals surface area contributed by atoms with Gasteiger partial charge in [0.1, 0.15) is 12.4 Å². The summed E-state index contributed by atoms with van der Waals surface area (Å²) in [6, 6.07) is 15.4. The highest BCUT2D eigenvalue weighted by molar-refractivity contribution is 5.95. The molecule has 1 atom stereocenters. The van der Waals surface area contributed by atoms with E-state index in [0.29, 0.717) is 11.3 Å². The zero-order chi connectivity index (χ0) is 20.1. The minimum absolute atomic E-state index is 0.0871. The molecular weight excluding hydrogens is 357 g/mol. The second-order valence-corrected chi connectivity index (χ2v) is 6.66. The number of esters is 1. The molecule has 0 fully saturated rings. The minimum atomic E-state index is -0.456. The summed E-state index contributed by atoms with van der Waals surface area (Å²) in [5.41, 5.74) is 2.70. The summed E-state index contributed by atoms with van der Waals surface area (Å²) < 4.78 is 18.5. The van der Waals surface area contributed by atoms with Crippen molar-refractivity contribution in [3.63, 3.8) is 0 Å². The molecule has 0 bridgehead atoms. The van der Waals surface area contributed by atoms with Crippen molar-refractivity contribution in [3.05, 3.63) is 95.5 Å². The van der Waals surface area contributed by atoms with E-state index in [1.54, 1.807) is 24.0 Å². The first-order valence-corrected chi connectivity index (χ1v) is 9.09. The molecule has 144 valence electrons. The standard InChI is InChI=1S/C23H22FNO3/c1-3-13-28-23(27)22-16(2)25(15-17-9-11-19(24)12-10-17)21(26)14-20(22)18-7-5-4-6-8-18/h3-12,20H,1,13-15H2,2H3. The average molecular weight is 379 g/mol. The fraction of sp³-hybridized carbons (Fsp3) is 0.217. The molecule has 0 N–H and O–H groups in total. The lowest BCUT2D eigenvalue weighted by atomic mass is 9.83. The Labute approximate surface area is 163 Å². The molecule has 2 aromatic rings. The smallest absolute Gasteiger partial charge is 0.336 e. The van der Waals surface area contributed by atoms with Gasteiger partial charge in [0, 0.05) is 18.0 Å². The zero-order valence-corrected chi connectivity index (χ0v) is 15.7. The SMILES string of the molecule is C=CCOC(=O)C1=C(C)N(Cc2ccc(F)cc2)C(=O)CC1c1ccccc1. The normalized spacial score (nSPS) is 16.9. The van der Waals surface area contributed by atoms with Crippen LogP contribution in [0.1, 0.15) is 30.4 Å². The number of hydrogen-bond acceptors (Lipinski definition) is 3. The number of ether oxygens (including phenoxy) is 1. The molecule has 5 heteroatoms. The first kappa shape index (κ1) is 19.5. The summed E-state index contributed by atoms with van der Waals surface area (Å²) in [5.74, 6) is -1.24. The maximum absolute atomic E-state index is 13.2. The Kier molecular flexibility index (Phi) is 6.04. The molecule has 1 amide bonds. The van der Waals surface area contributed by atoms with Gasteiger partial charge in [-0.05, 0) is 30.2 Å². The van der Waals surface area contributed by atoms with Gasteiger partial charge < -0.3 is 9.64 Å². The van der Waals surface area contributed by atoms with Crippen LogP contribution in [0.15, 0.2) is 78.5 Å². The van der Waals surface area contributed by atoms with E-state index in [4.69, 9.17) is 4.74 Å². The molecule has 2 aromatic carbocycles.